The summed E-state index contributed by atoms with van der Waals surface area (Å²) in [6.07, 6.45) is 0. The molecule has 2 aromatic carbocycles. The van der Waals surface area contributed by atoms with Gasteiger partial charge in [0.2, 0.25) is 0 Å². The van der Waals surface area contributed by atoms with E-state index in [4.69, 9.17) is 11.6 Å². The average Bonchev–Trinajstić information content (AvgIpc) is 2.38. The number of nitrogens with one attached hydrogen (secondary N) is 1. The SMILES string of the molecule is Cc1c(Cl)cccc1NC(=O)c1cc(S)ccc1Br. The predicted molar refractivity (Wildman–Crippen MR) is 85.5 cm³/mol. The van der Waals surface area contributed by atoms with Crippen molar-refractivity contribution in [2.45, 2.75) is 11.8 Å². The van der Waals surface area contributed by atoms with Gasteiger partial charge in [0.05, 0.1) is 5.56 Å². The topological polar surface area (TPSA) is 29.1 Å². The van der Waals surface area contributed by atoms with Crippen LogP contribution in [-0.4, -0.2) is 5.91 Å². The van der Waals surface area contributed by atoms with E-state index in [9.17, 15) is 4.79 Å². The smallest absolute Gasteiger partial charge is 0.256 e. The van der Waals surface area contributed by atoms with Crippen LogP contribution >= 0.6 is 40.2 Å². The summed E-state index contributed by atoms with van der Waals surface area (Å²) in [6, 6.07) is 10.7. The second-order valence-electron chi connectivity index (χ2n) is 4.03. The van der Waals surface area contributed by atoms with E-state index in [1.54, 1.807) is 24.3 Å². The summed E-state index contributed by atoms with van der Waals surface area (Å²) >= 11 is 13.6. The van der Waals surface area contributed by atoms with E-state index in [1.807, 2.05) is 19.1 Å². The molecule has 0 aliphatic rings. The van der Waals surface area contributed by atoms with Crippen LogP contribution in [-0.2, 0) is 0 Å². The molecule has 2 aromatic rings. The Morgan fingerprint density at radius 2 is 2.05 bits per heavy atom. The first kappa shape index (κ1) is 14.4. The molecule has 0 fully saturated rings. The van der Waals surface area contributed by atoms with Gasteiger partial charge in [0.1, 0.15) is 0 Å². The molecule has 98 valence electrons. The lowest BCUT2D eigenvalue weighted by molar-refractivity contribution is 0.102. The van der Waals surface area contributed by atoms with E-state index in [-0.39, 0.29) is 5.91 Å². The molecule has 2 rings (SSSR count). The van der Waals surface area contributed by atoms with Gasteiger partial charge in [0, 0.05) is 20.1 Å². The molecular formula is C14H11BrClNOS. The molecule has 0 heterocycles. The van der Waals surface area contributed by atoms with Crippen LogP contribution in [0.25, 0.3) is 0 Å². The van der Waals surface area contributed by atoms with Crippen molar-refractivity contribution in [1.82, 2.24) is 0 Å². The fourth-order valence-electron chi connectivity index (χ4n) is 1.62. The zero-order valence-electron chi connectivity index (χ0n) is 10.1. The highest BCUT2D eigenvalue weighted by molar-refractivity contribution is 9.10. The summed E-state index contributed by atoms with van der Waals surface area (Å²) in [7, 11) is 0. The van der Waals surface area contributed by atoms with Crippen LogP contribution in [0.2, 0.25) is 5.02 Å². The third kappa shape index (κ3) is 3.32. The molecule has 0 spiro atoms. The number of carbonyl (C=O) groups is 1. The zero-order chi connectivity index (χ0) is 14.0. The number of thiol groups is 1. The van der Waals surface area contributed by atoms with E-state index in [2.05, 4.69) is 33.9 Å². The number of anilines is 1. The average molecular weight is 357 g/mol. The lowest BCUT2D eigenvalue weighted by Gasteiger charge is -2.10. The van der Waals surface area contributed by atoms with Gasteiger partial charge >= 0.3 is 0 Å². The van der Waals surface area contributed by atoms with Gasteiger partial charge in [0.25, 0.3) is 5.91 Å². The normalized spacial score (nSPS) is 10.3. The maximum atomic E-state index is 12.2. The third-order valence-electron chi connectivity index (χ3n) is 2.71. The Bertz CT molecular complexity index is 645. The maximum Gasteiger partial charge on any atom is 0.256 e. The zero-order valence-corrected chi connectivity index (χ0v) is 13.3. The van der Waals surface area contributed by atoms with Gasteiger partial charge in [-0.25, -0.2) is 0 Å². The van der Waals surface area contributed by atoms with Crippen molar-refractivity contribution in [1.29, 1.82) is 0 Å². The van der Waals surface area contributed by atoms with Crippen LogP contribution in [0, 0.1) is 6.92 Å². The Morgan fingerprint density at radius 3 is 2.79 bits per heavy atom. The Morgan fingerprint density at radius 1 is 1.32 bits per heavy atom. The number of hydrogen-bond acceptors (Lipinski definition) is 2. The molecular weight excluding hydrogens is 346 g/mol. The fraction of sp³-hybridized carbons (Fsp3) is 0.0714. The monoisotopic (exact) mass is 355 g/mol. The largest absolute Gasteiger partial charge is 0.322 e. The Labute approximate surface area is 130 Å². The van der Waals surface area contributed by atoms with Crippen molar-refractivity contribution in [3.63, 3.8) is 0 Å². The van der Waals surface area contributed by atoms with Crippen LogP contribution < -0.4 is 5.32 Å². The van der Waals surface area contributed by atoms with Crippen LogP contribution in [0.15, 0.2) is 45.8 Å². The summed E-state index contributed by atoms with van der Waals surface area (Å²) in [5, 5.41) is 3.47. The Kier molecular flexibility index (Phi) is 4.55. The molecule has 0 atom stereocenters. The first-order valence-corrected chi connectivity index (χ1v) is 7.16. The van der Waals surface area contributed by atoms with Crippen LogP contribution in [0.4, 0.5) is 5.69 Å². The highest BCUT2D eigenvalue weighted by Crippen LogP contribution is 2.25. The quantitative estimate of drug-likeness (QED) is 0.732. The van der Waals surface area contributed by atoms with Crippen molar-refractivity contribution in [2.75, 3.05) is 5.32 Å². The molecule has 0 saturated carbocycles. The van der Waals surface area contributed by atoms with E-state index >= 15 is 0 Å². The van der Waals surface area contributed by atoms with Gasteiger partial charge in [-0.2, -0.15) is 0 Å². The molecule has 2 nitrogen and oxygen atoms in total. The summed E-state index contributed by atoms with van der Waals surface area (Å²) in [6.45, 7) is 1.86. The van der Waals surface area contributed by atoms with Gasteiger partial charge < -0.3 is 5.32 Å². The van der Waals surface area contributed by atoms with Crippen molar-refractivity contribution < 1.29 is 4.79 Å². The number of hydrogen-bond donors (Lipinski definition) is 2. The number of halogens is 2. The molecule has 1 N–H and O–H groups in total. The summed E-state index contributed by atoms with van der Waals surface area (Å²) in [5.41, 5.74) is 2.08. The molecule has 19 heavy (non-hydrogen) atoms. The van der Waals surface area contributed by atoms with E-state index in [1.165, 1.54) is 0 Å². The summed E-state index contributed by atoms with van der Waals surface area (Å²) < 4.78 is 0.725. The van der Waals surface area contributed by atoms with Crippen LogP contribution in [0.5, 0.6) is 0 Å². The molecule has 0 aliphatic heterocycles. The van der Waals surface area contributed by atoms with E-state index in [0.717, 1.165) is 14.9 Å². The number of rotatable bonds is 2. The minimum atomic E-state index is -0.201. The summed E-state index contributed by atoms with van der Waals surface area (Å²) in [5.74, 6) is -0.201. The van der Waals surface area contributed by atoms with E-state index in [0.29, 0.717) is 16.3 Å². The molecule has 0 bridgehead atoms. The number of carbonyl (C=O) groups excluding carboxylic acids is 1. The summed E-state index contributed by atoms with van der Waals surface area (Å²) in [4.78, 5) is 13.0. The fourth-order valence-corrected chi connectivity index (χ4v) is 2.42. The standard InChI is InChI=1S/C14H11BrClNOS/c1-8-12(16)3-2-4-13(8)17-14(18)10-7-9(19)5-6-11(10)15/h2-7,19H,1H3,(H,17,18). The third-order valence-corrected chi connectivity index (χ3v) is 4.09. The molecule has 0 radical (unpaired) electrons. The number of amides is 1. The lowest BCUT2D eigenvalue weighted by atomic mass is 10.1. The second-order valence-corrected chi connectivity index (χ2v) is 5.81. The van der Waals surface area contributed by atoms with E-state index < -0.39 is 0 Å². The maximum absolute atomic E-state index is 12.2. The molecule has 0 unspecified atom stereocenters. The molecule has 0 aromatic heterocycles. The molecule has 1 amide bonds. The van der Waals surface area contributed by atoms with Gasteiger partial charge in [0.15, 0.2) is 0 Å². The van der Waals surface area contributed by atoms with Gasteiger partial charge in [-0.1, -0.05) is 17.7 Å². The minimum Gasteiger partial charge on any atom is -0.322 e. The molecule has 0 aliphatic carbocycles. The predicted octanol–water partition coefficient (Wildman–Crippen LogP) is 4.95. The van der Waals surface area contributed by atoms with Gasteiger partial charge in [-0.15, -0.1) is 12.6 Å². The molecule has 0 saturated heterocycles. The minimum absolute atomic E-state index is 0.201. The number of benzene rings is 2. The first-order valence-electron chi connectivity index (χ1n) is 5.54. The van der Waals surface area contributed by atoms with Crippen molar-refractivity contribution in [3.8, 4) is 0 Å². The highest BCUT2D eigenvalue weighted by Gasteiger charge is 2.12. The lowest BCUT2D eigenvalue weighted by Crippen LogP contribution is -2.13. The van der Waals surface area contributed by atoms with Crippen molar-refractivity contribution >= 4 is 51.8 Å². The van der Waals surface area contributed by atoms with Crippen LogP contribution in [0.3, 0.4) is 0 Å². The molecule has 5 heteroatoms. The van der Waals surface area contributed by atoms with Gasteiger partial charge in [-0.3, -0.25) is 4.79 Å². The second kappa shape index (κ2) is 5.99. The highest BCUT2D eigenvalue weighted by atomic mass is 79.9. The van der Waals surface area contributed by atoms with Crippen molar-refractivity contribution in [3.05, 3.63) is 57.0 Å². The Balaban J connectivity index is 2.31. The first-order chi connectivity index (χ1) is 8.99. The van der Waals surface area contributed by atoms with Crippen LogP contribution in [0.1, 0.15) is 15.9 Å². The van der Waals surface area contributed by atoms with Gasteiger partial charge in [-0.05, 0) is 58.7 Å². The Hall–Kier alpha value is -0.970. The van der Waals surface area contributed by atoms with Crippen molar-refractivity contribution in [2.24, 2.45) is 0 Å².